The Balaban J connectivity index is 0.000000252. The monoisotopic (exact) mass is 619 g/mol. The van der Waals surface area contributed by atoms with Gasteiger partial charge in [-0.3, -0.25) is 15.0 Å². The molecule has 0 radical (unpaired) electrons. The minimum absolute atomic E-state index is 1.62. The molecule has 0 unspecified atom stereocenters. The maximum atomic E-state index is 4.58. The highest BCUT2D eigenvalue weighted by Crippen LogP contribution is 1.92. The lowest BCUT2D eigenvalue weighted by Crippen LogP contribution is -1.58. The number of aromatic nitrogens is 3. The van der Waals surface area contributed by atoms with Gasteiger partial charge in [-0.25, -0.2) is 0 Å². The van der Waals surface area contributed by atoms with Crippen molar-refractivity contribution in [3.63, 3.8) is 0 Å². The van der Waals surface area contributed by atoms with Crippen molar-refractivity contribution < 1.29 is 8.83 Å². The molecule has 7 heteroatoms. The highest BCUT2D eigenvalue weighted by molar-refractivity contribution is 7.08. The predicted octanol–water partition coefficient (Wildman–Crippen LogP) is 11.0. The quantitative estimate of drug-likeness (QED) is 0.169. The predicted molar refractivity (Wildman–Crippen MR) is 185 cm³/mol. The fraction of sp³-hybridized carbons (Fsp3) is 0. The van der Waals surface area contributed by atoms with Gasteiger partial charge in [0.25, 0.3) is 0 Å². The zero-order valence-electron chi connectivity index (χ0n) is 24.3. The van der Waals surface area contributed by atoms with E-state index in [4.69, 9.17) is 0 Å². The molecule has 1 aromatic carbocycles. The molecule has 0 atom stereocenters. The molecule has 0 saturated carbocycles. The molecule has 0 fully saturated rings. The van der Waals surface area contributed by atoms with Crippen LogP contribution in [-0.2, 0) is 0 Å². The highest BCUT2D eigenvalue weighted by atomic mass is 32.1. The van der Waals surface area contributed by atoms with Gasteiger partial charge in [0.05, 0.1) is 25.1 Å². The summed E-state index contributed by atoms with van der Waals surface area (Å²) in [6.07, 6.45) is 17.0. The van der Waals surface area contributed by atoms with Crippen LogP contribution in [0.15, 0.2) is 232 Å². The molecule has 0 saturated heterocycles. The SMILES string of the molecule is c1ccccc1.c1ccncc1.c1ccncc1.c1ccncc1.c1ccoc1.c1ccoc1.c1ccsc1.c1ccsc1. The van der Waals surface area contributed by atoms with E-state index in [1.807, 2.05) is 161 Å². The largest absolute Gasteiger partial charge is 0.473 e. The van der Waals surface area contributed by atoms with Crippen molar-refractivity contribution in [1.82, 2.24) is 15.0 Å². The summed E-state index contributed by atoms with van der Waals surface area (Å²) in [5, 5.41) is 8.17. The van der Waals surface area contributed by atoms with Crippen LogP contribution in [0, 0.1) is 0 Å². The Bertz CT molecular complexity index is 1010. The summed E-state index contributed by atoms with van der Waals surface area (Å²) in [6, 6.07) is 44.6. The number of furan rings is 2. The number of thiophene rings is 2. The number of rotatable bonds is 0. The zero-order chi connectivity index (χ0) is 31.1. The fourth-order valence-corrected chi connectivity index (χ4v) is 3.14. The molecule has 7 aromatic heterocycles. The molecule has 0 aliphatic heterocycles. The summed E-state index contributed by atoms with van der Waals surface area (Å²) in [5.74, 6) is 0. The number of pyridine rings is 3. The van der Waals surface area contributed by atoms with Gasteiger partial charge in [-0.1, -0.05) is 78.9 Å². The molecule has 0 aliphatic rings. The smallest absolute Gasteiger partial charge is 0.0902 e. The van der Waals surface area contributed by atoms with Crippen molar-refractivity contribution >= 4 is 22.7 Å². The van der Waals surface area contributed by atoms with Crippen LogP contribution in [0.5, 0.6) is 0 Å². The second-order valence-electron chi connectivity index (χ2n) is 7.40. The third-order valence-corrected chi connectivity index (χ3v) is 5.32. The van der Waals surface area contributed by atoms with E-state index >= 15 is 0 Å². The fourth-order valence-electron chi connectivity index (χ4n) is 2.23. The van der Waals surface area contributed by atoms with E-state index in [2.05, 4.69) is 23.8 Å². The van der Waals surface area contributed by atoms with E-state index in [1.165, 1.54) is 0 Å². The molecule has 8 rings (SSSR count). The molecule has 0 spiro atoms. The Labute approximate surface area is 268 Å². The van der Waals surface area contributed by atoms with E-state index < -0.39 is 0 Å². The van der Waals surface area contributed by atoms with Gasteiger partial charge in [0.2, 0.25) is 0 Å². The molecule has 8 aromatic rings. The van der Waals surface area contributed by atoms with Gasteiger partial charge < -0.3 is 8.83 Å². The Morgan fingerprint density at radius 3 is 0.568 bits per heavy atom. The summed E-state index contributed by atoms with van der Waals surface area (Å²) in [7, 11) is 0. The van der Waals surface area contributed by atoms with Crippen molar-refractivity contribution in [1.29, 1.82) is 0 Å². The molecular formula is C37H37N3O2S2. The van der Waals surface area contributed by atoms with Gasteiger partial charge in [0.15, 0.2) is 0 Å². The van der Waals surface area contributed by atoms with Crippen molar-refractivity contribution in [3.05, 3.63) is 223 Å². The molecule has 0 bridgehead atoms. The minimum atomic E-state index is 1.62. The number of benzene rings is 1. The van der Waals surface area contributed by atoms with Crippen molar-refractivity contribution in [3.8, 4) is 0 Å². The topological polar surface area (TPSA) is 65.0 Å². The van der Waals surface area contributed by atoms with Gasteiger partial charge in [0.1, 0.15) is 0 Å². The molecular weight excluding hydrogens is 583 g/mol. The number of nitrogens with zero attached hydrogens (tertiary/aromatic N) is 3. The van der Waals surface area contributed by atoms with E-state index in [9.17, 15) is 0 Å². The molecule has 5 nitrogen and oxygen atoms in total. The van der Waals surface area contributed by atoms with Crippen molar-refractivity contribution in [2.75, 3.05) is 0 Å². The van der Waals surface area contributed by atoms with Crippen LogP contribution in [0.3, 0.4) is 0 Å². The second-order valence-corrected chi connectivity index (χ2v) is 9.03. The first-order chi connectivity index (χ1) is 22.0. The van der Waals surface area contributed by atoms with Crippen LogP contribution in [-0.4, -0.2) is 15.0 Å². The van der Waals surface area contributed by atoms with Crippen molar-refractivity contribution in [2.45, 2.75) is 0 Å². The third kappa shape index (κ3) is 31.2. The Morgan fingerprint density at radius 1 is 0.250 bits per heavy atom. The summed E-state index contributed by atoms with van der Waals surface area (Å²) in [4.78, 5) is 11.4. The lowest BCUT2D eigenvalue weighted by atomic mass is 10.4. The summed E-state index contributed by atoms with van der Waals surface area (Å²) >= 11 is 3.43. The summed E-state index contributed by atoms with van der Waals surface area (Å²) < 4.78 is 9.17. The van der Waals surface area contributed by atoms with E-state index in [-0.39, 0.29) is 0 Å². The van der Waals surface area contributed by atoms with E-state index in [0.717, 1.165) is 0 Å². The Kier molecular flexibility index (Phi) is 28.2. The summed E-state index contributed by atoms with van der Waals surface area (Å²) in [6.45, 7) is 0. The van der Waals surface area contributed by atoms with E-state index in [0.29, 0.717) is 0 Å². The van der Waals surface area contributed by atoms with Crippen LogP contribution in [0.25, 0.3) is 0 Å². The average Bonchev–Trinajstić information content (AvgIpc) is 4.00. The maximum Gasteiger partial charge on any atom is 0.0902 e. The molecule has 0 aliphatic carbocycles. The molecule has 0 N–H and O–H groups in total. The van der Waals surface area contributed by atoms with Crippen LogP contribution in [0.1, 0.15) is 0 Å². The zero-order valence-corrected chi connectivity index (χ0v) is 26.0. The van der Waals surface area contributed by atoms with Gasteiger partial charge >= 0.3 is 0 Å². The van der Waals surface area contributed by atoms with Gasteiger partial charge in [0, 0.05) is 37.2 Å². The molecule has 0 amide bonds. The van der Waals surface area contributed by atoms with Gasteiger partial charge in [-0.05, 0) is 82.2 Å². The van der Waals surface area contributed by atoms with E-state index in [1.54, 1.807) is 84.9 Å². The summed E-state index contributed by atoms with van der Waals surface area (Å²) in [5.41, 5.74) is 0. The normalized spacial score (nSPS) is 8.00. The average molecular weight is 620 g/mol. The number of hydrogen-bond donors (Lipinski definition) is 0. The Morgan fingerprint density at radius 2 is 0.477 bits per heavy atom. The first-order valence-corrected chi connectivity index (χ1v) is 15.3. The standard InChI is InChI=1S/C6H6.3C5H5N.2C4H4O.2C4H4S/c4*1-2-4-6-5-3-1;4*1-2-4-5-3-1/h1-6H;3*1-5H;4*1-4H. The molecule has 7 heterocycles. The van der Waals surface area contributed by atoms with Crippen LogP contribution in [0.4, 0.5) is 0 Å². The second kappa shape index (κ2) is 33.8. The molecule has 44 heavy (non-hydrogen) atoms. The Hall–Kier alpha value is -5.37. The highest BCUT2D eigenvalue weighted by Gasteiger charge is 1.62. The van der Waals surface area contributed by atoms with Crippen LogP contribution < -0.4 is 0 Å². The third-order valence-electron chi connectivity index (χ3n) is 4.07. The first-order valence-electron chi connectivity index (χ1n) is 13.4. The molecule has 224 valence electrons. The minimum Gasteiger partial charge on any atom is -0.473 e. The number of hydrogen-bond acceptors (Lipinski definition) is 7. The lowest BCUT2D eigenvalue weighted by Gasteiger charge is -1.70. The van der Waals surface area contributed by atoms with Gasteiger partial charge in [-0.15, -0.1) is 0 Å². The van der Waals surface area contributed by atoms with Crippen LogP contribution in [0.2, 0.25) is 0 Å². The maximum absolute atomic E-state index is 4.58. The van der Waals surface area contributed by atoms with Gasteiger partial charge in [-0.2, -0.15) is 22.7 Å². The first kappa shape index (κ1) is 36.7. The lowest BCUT2D eigenvalue weighted by molar-refractivity contribution is 0.567. The van der Waals surface area contributed by atoms with Crippen molar-refractivity contribution in [2.24, 2.45) is 0 Å². The van der Waals surface area contributed by atoms with Crippen LogP contribution >= 0.6 is 22.7 Å².